The van der Waals surface area contributed by atoms with Gasteiger partial charge in [-0.25, -0.2) is 9.78 Å². The van der Waals surface area contributed by atoms with E-state index in [1.54, 1.807) is 30.5 Å². The van der Waals surface area contributed by atoms with Crippen LogP contribution in [0.15, 0.2) is 47.1 Å². The van der Waals surface area contributed by atoms with Gasteiger partial charge in [0.15, 0.2) is 0 Å². The summed E-state index contributed by atoms with van der Waals surface area (Å²) in [4.78, 5) is 27.0. The minimum atomic E-state index is -1.14. The van der Waals surface area contributed by atoms with Gasteiger partial charge in [0.2, 0.25) is 0 Å². The van der Waals surface area contributed by atoms with Gasteiger partial charge in [0.1, 0.15) is 5.82 Å². The first-order valence-corrected chi connectivity index (χ1v) is 6.12. The molecule has 0 saturated heterocycles. The lowest BCUT2D eigenvalue weighted by Crippen LogP contribution is -2.16. The topological polar surface area (TPSA) is 79.3 Å². The number of amides is 1. The Morgan fingerprint density at radius 1 is 1.11 bits per heavy atom. The zero-order valence-electron chi connectivity index (χ0n) is 9.63. The van der Waals surface area contributed by atoms with Crippen molar-refractivity contribution in [1.29, 1.82) is 0 Å². The second kappa shape index (κ2) is 5.62. The van der Waals surface area contributed by atoms with E-state index < -0.39 is 11.9 Å². The average Bonchev–Trinajstić information content (AvgIpc) is 2.41. The van der Waals surface area contributed by atoms with Gasteiger partial charge >= 0.3 is 5.97 Å². The fourth-order valence-electron chi connectivity index (χ4n) is 1.50. The van der Waals surface area contributed by atoms with Crippen LogP contribution in [0.5, 0.6) is 0 Å². The molecule has 1 heterocycles. The second-order valence-electron chi connectivity index (χ2n) is 3.67. The monoisotopic (exact) mass is 320 g/mol. The van der Waals surface area contributed by atoms with Crippen LogP contribution >= 0.6 is 15.9 Å². The molecule has 0 fully saturated rings. The molecule has 0 radical (unpaired) electrons. The van der Waals surface area contributed by atoms with Crippen molar-refractivity contribution in [3.63, 3.8) is 0 Å². The van der Waals surface area contributed by atoms with E-state index in [1.807, 2.05) is 0 Å². The molecule has 0 atom stereocenters. The van der Waals surface area contributed by atoms with E-state index in [0.29, 0.717) is 5.82 Å². The summed E-state index contributed by atoms with van der Waals surface area (Å²) in [7, 11) is 0. The van der Waals surface area contributed by atoms with E-state index in [1.165, 1.54) is 12.1 Å². The van der Waals surface area contributed by atoms with Crippen molar-refractivity contribution >= 4 is 33.6 Å². The Morgan fingerprint density at radius 2 is 1.79 bits per heavy atom. The first-order valence-electron chi connectivity index (χ1n) is 5.33. The Balaban J connectivity index is 2.25. The summed E-state index contributed by atoms with van der Waals surface area (Å²) < 4.78 is 0.788. The van der Waals surface area contributed by atoms with Gasteiger partial charge in [-0.05, 0) is 40.2 Å². The zero-order chi connectivity index (χ0) is 13.8. The molecule has 0 aliphatic rings. The number of aromatic nitrogens is 1. The van der Waals surface area contributed by atoms with Crippen LogP contribution in [0, 0.1) is 0 Å². The maximum absolute atomic E-state index is 12.0. The highest BCUT2D eigenvalue weighted by atomic mass is 79.9. The molecule has 6 heteroatoms. The van der Waals surface area contributed by atoms with Crippen LogP contribution in [-0.2, 0) is 0 Å². The Labute approximate surface area is 117 Å². The molecule has 0 bridgehead atoms. The standard InChI is InChI=1S/C13H9BrN2O3/c14-8-5-6-11(15-7-8)16-12(17)9-3-1-2-4-10(9)13(18)19/h1-7H,(H,18,19)(H,15,16,17). The number of hydrogen-bond acceptors (Lipinski definition) is 3. The molecule has 1 aromatic heterocycles. The number of nitrogens with one attached hydrogen (secondary N) is 1. The predicted octanol–water partition coefficient (Wildman–Crippen LogP) is 2.79. The number of anilines is 1. The first kappa shape index (κ1) is 13.2. The van der Waals surface area contributed by atoms with E-state index in [4.69, 9.17) is 5.11 Å². The summed E-state index contributed by atoms with van der Waals surface area (Å²) in [6.07, 6.45) is 1.54. The number of carboxylic acid groups (broad SMARTS) is 1. The summed E-state index contributed by atoms with van der Waals surface area (Å²) in [5.74, 6) is -1.30. The lowest BCUT2D eigenvalue weighted by atomic mass is 10.1. The number of hydrogen-bond donors (Lipinski definition) is 2. The van der Waals surface area contributed by atoms with Crippen molar-refractivity contribution in [2.45, 2.75) is 0 Å². The summed E-state index contributed by atoms with van der Waals surface area (Å²) in [6.45, 7) is 0. The van der Waals surface area contributed by atoms with Crippen LogP contribution in [0.2, 0.25) is 0 Å². The third-order valence-electron chi connectivity index (χ3n) is 2.37. The molecule has 96 valence electrons. The molecular weight excluding hydrogens is 312 g/mol. The number of halogens is 1. The van der Waals surface area contributed by atoms with Gasteiger partial charge in [0, 0.05) is 10.7 Å². The molecule has 19 heavy (non-hydrogen) atoms. The number of carboxylic acids is 1. The first-order chi connectivity index (χ1) is 9.08. The van der Waals surface area contributed by atoms with Crippen molar-refractivity contribution < 1.29 is 14.7 Å². The number of carbonyl (C=O) groups is 2. The molecule has 0 saturated carbocycles. The Kier molecular flexibility index (Phi) is 3.91. The summed E-state index contributed by atoms with van der Waals surface area (Å²) >= 11 is 3.23. The highest BCUT2D eigenvalue weighted by Gasteiger charge is 2.15. The molecular formula is C13H9BrN2O3. The van der Waals surface area contributed by atoms with E-state index >= 15 is 0 Å². The van der Waals surface area contributed by atoms with Gasteiger partial charge in [0.05, 0.1) is 11.1 Å². The van der Waals surface area contributed by atoms with Crippen LogP contribution in [0.25, 0.3) is 0 Å². The molecule has 0 spiro atoms. The highest BCUT2D eigenvalue weighted by Crippen LogP contribution is 2.14. The third-order valence-corrected chi connectivity index (χ3v) is 2.84. The molecule has 0 aliphatic heterocycles. The van der Waals surface area contributed by atoms with Crippen molar-refractivity contribution in [3.8, 4) is 0 Å². The summed E-state index contributed by atoms with van der Waals surface area (Å²) in [5, 5.41) is 11.6. The number of nitrogens with zero attached hydrogens (tertiary/aromatic N) is 1. The average molecular weight is 321 g/mol. The number of benzene rings is 1. The molecule has 0 aliphatic carbocycles. The number of pyridine rings is 1. The van der Waals surface area contributed by atoms with E-state index in [2.05, 4.69) is 26.2 Å². The molecule has 2 N–H and O–H groups in total. The fraction of sp³-hybridized carbons (Fsp3) is 0. The largest absolute Gasteiger partial charge is 0.478 e. The van der Waals surface area contributed by atoms with Gasteiger partial charge in [-0.1, -0.05) is 12.1 Å². The quantitative estimate of drug-likeness (QED) is 0.911. The minimum absolute atomic E-state index is 0.0443. The molecule has 2 aromatic rings. The normalized spacial score (nSPS) is 9.95. The van der Waals surface area contributed by atoms with E-state index in [9.17, 15) is 9.59 Å². The van der Waals surface area contributed by atoms with Crippen molar-refractivity contribution in [3.05, 3.63) is 58.2 Å². The summed E-state index contributed by atoms with van der Waals surface area (Å²) in [5.41, 5.74) is 0.0526. The maximum Gasteiger partial charge on any atom is 0.336 e. The Hall–Kier alpha value is -2.21. The highest BCUT2D eigenvalue weighted by molar-refractivity contribution is 9.10. The van der Waals surface area contributed by atoms with Crippen molar-refractivity contribution in [2.75, 3.05) is 5.32 Å². The van der Waals surface area contributed by atoms with Crippen molar-refractivity contribution in [2.24, 2.45) is 0 Å². The maximum atomic E-state index is 12.0. The molecule has 5 nitrogen and oxygen atoms in total. The molecule has 2 rings (SSSR count). The van der Waals surface area contributed by atoms with Gasteiger partial charge in [0.25, 0.3) is 5.91 Å². The van der Waals surface area contributed by atoms with Crippen LogP contribution in [-0.4, -0.2) is 22.0 Å². The lowest BCUT2D eigenvalue weighted by Gasteiger charge is -2.06. The van der Waals surface area contributed by atoms with Gasteiger partial charge in [-0.3, -0.25) is 4.79 Å². The van der Waals surface area contributed by atoms with Crippen molar-refractivity contribution in [1.82, 2.24) is 4.98 Å². The third kappa shape index (κ3) is 3.17. The van der Waals surface area contributed by atoms with E-state index in [0.717, 1.165) is 4.47 Å². The Bertz CT molecular complexity index is 626. The van der Waals surface area contributed by atoms with Crippen LogP contribution < -0.4 is 5.32 Å². The Morgan fingerprint density at radius 3 is 2.37 bits per heavy atom. The summed E-state index contributed by atoms with van der Waals surface area (Å²) in [6, 6.07) is 9.36. The number of rotatable bonds is 3. The molecule has 0 unspecified atom stereocenters. The predicted molar refractivity (Wildman–Crippen MR) is 73.3 cm³/mol. The van der Waals surface area contributed by atoms with Gasteiger partial charge in [-0.2, -0.15) is 0 Å². The molecule has 1 aromatic carbocycles. The number of aromatic carboxylic acids is 1. The lowest BCUT2D eigenvalue weighted by molar-refractivity contribution is 0.0692. The minimum Gasteiger partial charge on any atom is -0.478 e. The van der Waals surface area contributed by atoms with Crippen LogP contribution in [0.1, 0.15) is 20.7 Å². The second-order valence-corrected chi connectivity index (χ2v) is 4.58. The fourth-order valence-corrected chi connectivity index (χ4v) is 1.74. The van der Waals surface area contributed by atoms with Gasteiger partial charge in [-0.15, -0.1) is 0 Å². The van der Waals surface area contributed by atoms with E-state index in [-0.39, 0.29) is 11.1 Å². The molecule has 1 amide bonds. The SMILES string of the molecule is O=C(O)c1ccccc1C(=O)Nc1ccc(Br)cn1. The smallest absolute Gasteiger partial charge is 0.336 e. The zero-order valence-corrected chi connectivity index (χ0v) is 11.2. The van der Waals surface area contributed by atoms with Gasteiger partial charge < -0.3 is 10.4 Å². The number of carbonyl (C=O) groups excluding carboxylic acids is 1. The van der Waals surface area contributed by atoms with Crippen LogP contribution in [0.4, 0.5) is 5.82 Å². The van der Waals surface area contributed by atoms with Crippen LogP contribution in [0.3, 0.4) is 0 Å².